The third kappa shape index (κ3) is 4.57. The topological polar surface area (TPSA) is 152 Å². The molecule has 0 bridgehead atoms. The standard InChI is InChI=1S/C17H21NO8/c1-2-10-3-5-11(6-4-10)8-24-9-13(20)15-14(21)12(19)7-17(23,25-15)16(22)26-18/h1,3-6,12-15,19-21,23H,7-9,18H2/t12-,13-,14-,15?,17?/m1/s1. The number of hydrogen-bond donors (Lipinski definition) is 5. The highest BCUT2D eigenvalue weighted by Gasteiger charge is 2.53. The lowest BCUT2D eigenvalue weighted by atomic mass is 9.93. The molecule has 1 saturated heterocycles. The van der Waals surface area contributed by atoms with Crippen molar-refractivity contribution in [3.8, 4) is 12.3 Å². The van der Waals surface area contributed by atoms with Gasteiger partial charge in [-0.2, -0.15) is 5.90 Å². The molecule has 0 saturated carbocycles. The van der Waals surface area contributed by atoms with Crippen LogP contribution in [0.3, 0.4) is 0 Å². The molecule has 0 spiro atoms. The molecule has 1 aliphatic heterocycles. The zero-order valence-corrected chi connectivity index (χ0v) is 13.8. The van der Waals surface area contributed by atoms with Crippen LogP contribution in [0.5, 0.6) is 0 Å². The molecule has 9 nitrogen and oxygen atoms in total. The molecule has 2 unspecified atom stereocenters. The van der Waals surface area contributed by atoms with E-state index in [2.05, 4.69) is 10.8 Å². The molecule has 1 aromatic rings. The summed E-state index contributed by atoms with van der Waals surface area (Å²) in [7, 11) is 0. The van der Waals surface area contributed by atoms with E-state index in [1.165, 1.54) is 0 Å². The Morgan fingerprint density at radius 3 is 2.65 bits per heavy atom. The van der Waals surface area contributed by atoms with Crippen LogP contribution in [0.2, 0.25) is 0 Å². The molecule has 0 aliphatic carbocycles. The van der Waals surface area contributed by atoms with Crippen LogP contribution in [-0.4, -0.2) is 63.2 Å². The quantitative estimate of drug-likeness (QED) is 0.288. The van der Waals surface area contributed by atoms with Gasteiger partial charge in [0.1, 0.15) is 18.3 Å². The van der Waals surface area contributed by atoms with Gasteiger partial charge in [-0.25, -0.2) is 4.79 Å². The van der Waals surface area contributed by atoms with Crippen molar-refractivity contribution in [3.05, 3.63) is 35.4 Å². The fourth-order valence-electron chi connectivity index (χ4n) is 2.59. The Bertz CT molecular complexity index is 658. The lowest BCUT2D eigenvalue weighted by molar-refractivity contribution is -0.311. The van der Waals surface area contributed by atoms with Gasteiger partial charge < -0.3 is 34.7 Å². The summed E-state index contributed by atoms with van der Waals surface area (Å²) < 4.78 is 10.4. The summed E-state index contributed by atoms with van der Waals surface area (Å²) in [6, 6.07) is 6.98. The van der Waals surface area contributed by atoms with Crippen LogP contribution in [0.15, 0.2) is 24.3 Å². The third-order valence-corrected chi connectivity index (χ3v) is 4.03. The van der Waals surface area contributed by atoms with Gasteiger partial charge in [-0.3, -0.25) is 0 Å². The Hall–Kier alpha value is -2.03. The number of nitrogens with two attached hydrogens (primary N) is 1. The highest BCUT2D eigenvalue weighted by molar-refractivity contribution is 5.77. The van der Waals surface area contributed by atoms with E-state index in [1.807, 2.05) is 0 Å². The average molecular weight is 367 g/mol. The van der Waals surface area contributed by atoms with E-state index in [0.717, 1.165) is 5.56 Å². The molecule has 1 fully saturated rings. The van der Waals surface area contributed by atoms with Gasteiger partial charge in [0, 0.05) is 12.0 Å². The Balaban J connectivity index is 1.94. The molecule has 5 atom stereocenters. The third-order valence-electron chi connectivity index (χ3n) is 4.03. The molecule has 142 valence electrons. The summed E-state index contributed by atoms with van der Waals surface area (Å²) in [4.78, 5) is 15.4. The van der Waals surface area contributed by atoms with E-state index in [4.69, 9.17) is 21.8 Å². The van der Waals surface area contributed by atoms with Gasteiger partial charge in [0.2, 0.25) is 0 Å². The Morgan fingerprint density at radius 2 is 2.08 bits per heavy atom. The summed E-state index contributed by atoms with van der Waals surface area (Å²) in [5, 5.41) is 40.0. The number of ether oxygens (including phenoxy) is 2. The molecule has 9 heteroatoms. The number of carbonyl (C=O) groups is 1. The van der Waals surface area contributed by atoms with Gasteiger partial charge in [0.15, 0.2) is 0 Å². The first kappa shape index (κ1) is 20.3. The van der Waals surface area contributed by atoms with Crippen molar-refractivity contribution in [3.63, 3.8) is 0 Å². The minimum absolute atomic E-state index is 0.141. The van der Waals surface area contributed by atoms with Crippen molar-refractivity contribution >= 4 is 5.97 Å². The molecule has 1 heterocycles. The van der Waals surface area contributed by atoms with Gasteiger partial charge in [-0.05, 0) is 17.7 Å². The number of terminal acetylenes is 1. The predicted molar refractivity (Wildman–Crippen MR) is 86.8 cm³/mol. The fraction of sp³-hybridized carbons (Fsp3) is 0.471. The largest absolute Gasteiger partial charge is 0.390 e. The number of benzene rings is 1. The molecule has 1 aromatic carbocycles. The molecule has 0 aromatic heterocycles. The summed E-state index contributed by atoms with van der Waals surface area (Å²) in [5.41, 5.74) is 1.51. The first-order chi connectivity index (χ1) is 12.3. The molecule has 0 radical (unpaired) electrons. The van der Waals surface area contributed by atoms with E-state index < -0.39 is 42.6 Å². The van der Waals surface area contributed by atoms with Crippen LogP contribution in [0, 0.1) is 12.3 Å². The van der Waals surface area contributed by atoms with E-state index in [9.17, 15) is 25.2 Å². The number of rotatable bonds is 6. The van der Waals surface area contributed by atoms with E-state index in [0.29, 0.717) is 5.56 Å². The van der Waals surface area contributed by atoms with Crippen LogP contribution in [0.1, 0.15) is 17.5 Å². The SMILES string of the molecule is C#Cc1ccc(COC[C@@H](O)C2OC(O)(C(=O)ON)C[C@@H](O)[C@H]2O)cc1. The molecule has 1 aliphatic rings. The van der Waals surface area contributed by atoms with Crippen LogP contribution in [-0.2, 0) is 25.7 Å². The second kappa shape index (κ2) is 8.57. The Labute approximate surface area is 149 Å². The number of hydrogen-bond acceptors (Lipinski definition) is 9. The van der Waals surface area contributed by atoms with Gasteiger partial charge >= 0.3 is 5.97 Å². The van der Waals surface area contributed by atoms with Crippen LogP contribution in [0.4, 0.5) is 0 Å². The minimum atomic E-state index is -2.58. The number of aliphatic hydroxyl groups excluding tert-OH is 3. The van der Waals surface area contributed by atoms with Crippen molar-refractivity contribution in [2.45, 2.75) is 43.2 Å². The smallest absolute Gasteiger partial charge is 0.385 e. The first-order valence-corrected chi connectivity index (χ1v) is 7.79. The Morgan fingerprint density at radius 1 is 1.42 bits per heavy atom. The maximum Gasteiger partial charge on any atom is 0.385 e. The highest BCUT2D eigenvalue weighted by Crippen LogP contribution is 2.30. The van der Waals surface area contributed by atoms with E-state index in [-0.39, 0.29) is 13.2 Å². The minimum Gasteiger partial charge on any atom is -0.390 e. The number of carbonyl (C=O) groups excluding carboxylic acids is 1. The molecule has 6 N–H and O–H groups in total. The van der Waals surface area contributed by atoms with Crippen molar-refractivity contribution in [1.29, 1.82) is 0 Å². The summed E-state index contributed by atoms with van der Waals surface area (Å²) in [6.07, 6.45) is -1.41. The second-order valence-corrected chi connectivity index (χ2v) is 5.96. The summed E-state index contributed by atoms with van der Waals surface area (Å²) >= 11 is 0. The molecular weight excluding hydrogens is 346 g/mol. The average Bonchev–Trinajstić information content (AvgIpc) is 2.64. The maximum atomic E-state index is 11.5. The van der Waals surface area contributed by atoms with E-state index >= 15 is 0 Å². The first-order valence-electron chi connectivity index (χ1n) is 7.79. The van der Waals surface area contributed by atoms with Gasteiger partial charge in [-0.15, -0.1) is 6.42 Å². The van der Waals surface area contributed by atoms with Crippen molar-refractivity contribution in [1.82, 2.24) is 0 Å². The van der Waals surface area contributed by atoms with Gasteiger partial charge in [-0.1, -0.05) is 18.1 Å². The maximum absolute atomic E-state index is 11.5. The van der Waals surface area contributed by atoms with Crippen LogP contribution in [0.25, 0.3) is 0 Å². The zero-order valence-electron chi connectivity index (χ0n) is 13.8. The predicted octanol–water partition coefficient (Wildman–Crippen LogP) is -1.84. The fourth-order valence-corrected chi connectivity index (χ4v) is 2.59. The monoisotopic (exact) mass is 367 g/mol. The molecular formula is C17H21NO8. The van der Waals surface area contributed by atoms with Crippen molar-refractivity contribution in [2.75, 3.05) is 6.61 Å². The van der Waals surface area contributed by atoms with E-state index in [1.54, 1.807) is 24.3 Å². The molecule has 0 amide bonds. The lowest BCUT2D eigenvalue weighted by Crippen LogP contribution is -2.62. The normalized spacial score (nSPS) is 29.6. The van der Waals surface area contributed by atoms with Gasteiger partial charge in [0.25, 0.3) is 5.79 Å². The second-order valence-electron chi connectivity index (χ2n) is 5.96. The Kier molecular flexibility index (Phi) is 6.69. The molecule has 26 heavy (non-hydrogen) atoms. The van der Waals surface area contributed by atoms with Crippen LogP contribution >= 0.6 is 0 Å². The van der Waals surface area contributed by atoms with Crippen molar-refractivity contribution in [2.24, 2.45) is 5.90 Å². The molecule has 2 rings (SSSR count). The zero-order chi connectivity index (χ0) is 19.3. The van der Waals surface area contributed by atoms with Crippen molar-refractivity contribution < 1.29 is 39.5 Å². The summed E-state index contributed by atoms with van der Waals surface area (Å²) in [5.74, 6) is 3.27. The van der Waals surface area contributed by atoms with Gasteiger partial charge in [0.05, 0.1) is 19.3 Å². The highest BCUT2D eigenvalue weighted by atomic mass is 16.7. The van der Waals surface area contributed by atoms with Crippen LogP contribution < -0.4 is 5.90 Å². The summed E-state index contributed by atoms with van der Waals surface area (Å²) in [6.45, 7) is -0.151. The number of aliphatic hydroxyl groups is 4. The lowest BCUT2D eigenvalue weighted by Gasteiger charge is -2.41.